The van der Waals surface area contributed by atoms with Gasteiger partial charge in [-0.2, -0.15) is 5.26 Å². The maximum absolute atomic E-state index is 9.26. The van der Waals surface area contributed by atoms with Crippen LogP contribution in [-0.2, 0) is 0 Å². The zero-order valence-corrected chi connectivity index (χ0v) is 13.3. The van der Waals surface area contributed by atoms with Gasteiger partial charge in [0.05, 0.1) is 12.7 Å². The lowest BCUT2D eigenvalue weighted by molar-refractivity contribution is 0.279. The van der Waals surface area contributed by atoms with Gasteiger partial charge in [-0.15, -0.1) is 0 Å². The van der Waals surface area contributed by atoms with Crippen molar-refractivity contribution in [3.05, 3.63) is 28.8 Å². The van der Waals surface area contributed by atoms with Crippen LogP contribution < -0.4 is 10.1 Å². The molecule has 110 valence electrons. The van der Waals surface area contributed by atoms with Crippen LogP contribution in [0.15, 0.2) is 12.1 Å². The average Bonchev–Trinajstić information content (AvgIpc) is 2.45. The van der Waals surface area contributed by atoms with Gasteiger partial charge in [-0.1, -0.05) is 13.0 Å². The number of nitriles is 1. The van der Waals surface area contributed by atoms with E-state index in [1.165, 1.54) is 16.7 Å². The van der Waals surface area contributed by atoms with Crippen LogP contribution in [0.5, 0.6) is 5.75 Å². The van der Waals surface area contributed by atoms with E-state index in [9.17, 15) is 5.26 Å². The summed E-state index contributed by atoms with van der Waals surface area (Å²) in [6, 6.07) is 6.63. The fourth-order valence-corrected chi connectivity index (χ4v) is 2.38. The van der Waals surface area contributed by atoms with Crippen LogP contribution in [0.4, 0.5) is 0 Å². The number of ether oxygens (including phenoxy) is 1. The summed E-state index contributed by atoms with van der Waals surface area (Å²) in [6.07, 6.45) is 2.48. The van der Waals surface area contributed by atoms with Crippen LogP contribution in [0.1, 0.15) is 42.9 Å². The van der Waals surface area contributed by atoms with Crippen LogP contribution in [0.25, 0.3) is 0 Å². The normalized spacial score (nSPS) is 13.6. The second-order valence-corrected chi connectivity index (χ2v) is 5.45. The Kier molecular flexibility index (Phi) is 6.04. The van der Waals surface area contributed by atoms with Crippen molar-refractivity contribution >= 4 is 0 Å². The van der Waals surface area contributed by atoms with E-state index in [0.29, 0.717) is 6.61 Å². The number of rotatable bonds is 7. The van der Waals surface area contributed by atoms with Gasteiger partial charge >= 0.3 is 0 Å². The number of benzene rings is 1. The molecule has 0 saturated carbocycles. The summed E-state index contributed by atoms with van der Waals surface area (Å²) < 4.78 is 5.89. The molecule has 0 aromatic heterocycles. The SMILES string of the molecule is CCC(C#N)(CCCOc1cc(C)cc(C)c1C)NC. The molecule has 0 aliphatic heterocycles. The Morgan fingerprint density at radius 2 is 2.00 bits per heavy atom. The molecule has 0 aliphatic rings. The van der Waals surface area contributed by atoms with Crippen LogP contribution in [0.3, 0.4) is 0 Å². The van der Waals surface area contributed by atoms with Crippen LogP contribution in [-0.4, -0.2) is 19.2 Å². The van der Waals surface area contributed by atoms with E-state index in [0.717, 1.165) is 25.0 Å². The zero-order chi connectivity index (χ0) is 15.2. The fraction of sp³-hybridized carbons (Fsp3) is 0.588. The van der Waals surface area contributed by atoms with E-state index in [-0.39, 0.29) is 0 Å². The Morgan fingerprint density at radius 1 is 1.30 bits per heavy atom. The highest BCUT2D eigenvalue weighted by molar-refractivity contribution is 5.41. The summed E-state index contributed by atoms with van der Waals surface area (Å²) in [5, 5.41) is 12.4. The van der Waals surface area contributed by atoms with Gasteiger partial charge in [0.25, 0.3) is 0 Å². The number of aryl methyl sites for hydroxylation is 2. The van der Waals surface area contributed by atoms with Crippen molar-refractivity contribution in [1.29, 1.82) is 5.26 Å². The van der Waals surface area contributed by atoms with Gasteiger partial charge in [-0.25, -0.2) is 0 Å². The summed E-state index contributed by atoms with van der Waals surface area (Å²) in [7, 11) is 1.85. The minimum atomic E-state index is -0.416. The smallest absolute Gasteiger partial charge is 0.122 e. The molecule has 1 unspecified atom stereocenters. The number of hydrogen-bond donors (Lipinski definition) is 1. The quantitative estimate of drug-likeness (QED) is 0.772. The number of hydrogen-bond acceptors (Lipinski definition) is 3. The molecule has 0 spiro atoms. The van der Waals surface area contributed by atoms with Crippen LogP contribution in [0, 0.1) is 32.1 Å². The highest BCUT2D eigenvalue weighted by Gasteiger charge is 2.24. The zero-order valence-electron chi connectivity index (χ0n) is 13.3. The van der Waals surface area contributed by atoms with Gasteiger partial charge in [-0.05, 0) is 69.8 Å². The molecular formula is C17H26N2O. The second kappa shape index (κ2) is 7.31. The molecule has 3 heteroatoms. The van der Waals surface area contributed by atoms with Crippen molar-refractivity contribution in [2.24, 2.45) is 0 Å². The van der Waals surface area contributed by atoms with Gasteiger partial charge in [0.2, 0.25) is 0 Å². The molecule has 0 heterocycles. The summed E-state index contributed by atoms with van der Waals surface area (Å²) in [6.45, 7) is 8.96. The Balaban J connectivity index is 2.56. The topological polar surface area (TPSA) is 45.0 Å². The first-order chi connectivity index (χ1) is 9.48. The van der Waals surface area contributed by atoms with Crippen molar-refractivity contribution in [1.82, 2.24) is 5.32 Å². The number of nitrogens with zero attached hydrogens (tertiary/aromatic N) is 1. The maximum atomic E-state index is 9.26. The van der Waals surface area contributed by atoms with E-state index in [4.69, 9.17) is 4.74 Å². The molecule has 0 bridgehead atoms. The van der Waals surface area contributed by atoms with Gasteiger partial charge in [0.15, 0.2) is 0 Å². The van der Waals surface area contributed by atoms with Gasteiger partial charge in [0, 0.05) is 0 Å². The molecule has 1 aromatic carbocycles. The third kappa shape index (κ3) is 3.98. The summed E-state index contributed by atoms with van der Waals surface area (Å²) >= 11 is 0. The van der Waals surface area contributed by atoms with Crippen molar-refractivity contribution in [2.45, 2.75) is 52.5 Å². The largest absolute Gasteiger partial charge is 0.493 e. The minimum Gasteiger partial charge on any atom is -0.493 e. The Morgan fingerprint density at radius 3 is 2.55 bits per heavy atom. The Labute approximate surface area is 123 Å². The molecule has 0 saturated heterocycles. The monoisotopic (exact) mass is 274 g/mol. The molecule has 20 heavy (non-hydrogen) atoms. The maximum Gasteiger partial charge on any atom is 0.122 e. The van der Waals surface area contributed by atoms with E-state index >= 15 is 0 Å². The van der Waals surface area contributed by atoms with Gasteiger partial charge < -0.3 is 10.1 Å². The first-order valence-corrected chi connectivity index (χ1v) is 7.29. The molecule has 0 fully saturated rings. The first kappa shape index (κ1) is 16.5. The third-order valence-corrected chi connectivity index (χ3v) is 4.07. The lowest BCUT2D eigenvalue weighted by Crippen LogP contribution is -2.41. The lowest BCUT2D eigenvalue weighted by Gasteiger charge is -2.24. The summed E-state index contributed by atoms with van der Waals surface area (Å²) in [4.78, 5) is 0. The minimum absolute atomic E-state index is 0.416. The molecular weight excluding hydrogens is 248 g/mol. The predicted molar refractivity (Wildman–Crippen MR) is 83.1 cm³/mol. The molecule has 1 aromatic rings. The van der Waals surface area contributed by atoms with Crippen molar-refractivity contribution in [3.8, 4) is 11.8 Å². The Bertz CT molecular complexity index is 484. The van der Waals surface area contributed by atoms with E-state index in [1.807, 2.05) is 14.0 Å². The summed E-state index contributed by atoms with van der Waals surface area (Å²) in [5.41, 5.74) is 3.26. The average molecular weight is 274 g/mol. The molecule has 1 atom stereocenters. The third-order valence-electron chi connectivity index (χ3n) is 4.07. The second-order valence-electron chi connectivity index (χ2n) is 5.45. The van der Waals surface area contributed by atoms with Gasteiger partial charge in [0.1, 0.15) is 11.3 Å². The van der Waals surface area contributed by atoms with Crippen LogP contribution >= 0.6 is 0 Å². The van der Waals surface area contributed by atoms with E-state index in [2.05, 4.69) is 44.3 Å². The number of nitrogens with one attached hydrogen (secondary N) is 1. The fourth-order valence-electron chi connectivity index (χ4n) is 2.38. The van der Waals surface area contributed by atoms with Crippen molar-refractivity contribution in [3.63, 3.8) is 0 Å². The highest BCUT2D eigenvalue weighted by Crippen LogP contribution is 2.24. The highest BCUT2D eigenvalue weighted by atomic mass is 16.5. The molecule has 3 nitrogen and oxygen atoms in total. The first-order valence-electron chi connectivity index (χ1n) is 7.29. The molecule has 1 N–H and O–H groups in total. The van der Waals surface area contributed by atoms with E-state index in [1.54, 1.807) is 0 Å². The molecule has 0 aliphatic carbocycles. The molecule has 0 amide bonds. The van der Waals surface area contributed by atoms with Crippen LogP contribution in [0.2, 0.25) is 0 Å². The lowest BCUT2D eigenvalue weighted by atomic mass is 9.92. The molecule has 0 radical (unpaired) electrons. The van der Waals surface area contributed by atoms with E-state index < -0.39 is 5.54 Å². The standard InChI is InChI=1S/C17H26N2O/c1-6-17(12-18,19-5)8-7-9-20-16-11-13(2)10-14(3)15(16)4/h10-11,19H,6-9H2,1-5H3. The van der Waals surface area contributed by atoms with Gasteiger partial charge in [-0.3, -0.25) is 0 Å². The predicted octanol–water partition coefficient (Wildman–Crippen LogP) is 3.66. The molecule has 1 rings (SSSR count). The van der Waals surface area contributed by atoms with Crippen molar-refractivity contribution in [2.75, 3.05) is 13.7 Å². The van der Waals surface area contributed by atoms with Crippen molar-refractivity contribution < 1.29 is 4.74 Å². The summed E-state index contributed by atoms with van der Waals surface area (Å²) in [5.74, 6) is 0.964. The Hall–Kier alpha value is -1.53.